The first-order valence-corrected chi connectivity index (χ1v) is 10.4. The van der Waals surface area contributed by atoms with Gasteiger partial charge in [0.2, 0.25) is 0 Å². The highest BCUT2D eigenvalue weighted by Crippen LogP contribution is 2.31. The molecule has 0 aromatic heterocycles. The minimum Gasteiger partial charge on any atom is -0.493 e. The summed E-state index contributed by atoms with van der Waals surface area (Å²) < 4.78 is 16.5. The number of hydrogen-bond acceptors (Lipinski definition) is 7. The smallest absolute Gasteiger partial charge is 0.161 e. The second-order valence-corrected chi connectivity index (χ2v) is 7.52. The lowest BCUT2D eigenvalue weighted by Gasteiger charge is -2.23. The van der Waals surface area contributed by atoms with E-state index in [0.29, 0.717) is 35.2 Å². The normalized spacial score (nSPS) is 12.7. The molecule has 2 atom stereocenters. The number of aliphatic hydroxyl groups is 1. The molecular formula is C25H31N3O4. The zero-order valence-electron chi connectivity index (χ0n) is 18.5. The summed E-state index contributed by atoms with van der Waals surface area (Å²) in [6, 6.07) is 21.1. The summed E-state index contributed by atoms with van der Waals surface area (Å²) in [7, 11) is 3.23. The Hall–Kier alpha value is -3.42. The third kappa shape index (κ3) is 6.29. The van der Waals surface area contributed by atoms with E-state index in [4.69, 9.17) is 25.7 Å². The lowest BCUT2D eigenvalue weighted by molar-refractivity contribution is 0.103. The number of nitrogens with two attached hydrogens (primary N) is 2. The Morgan fingerprint density at radius 3 is 2.31 bits per heavy atom. The Balaban J connectivity index is 1.67. The minimum atomic E-state index is -0.716. The molecule has 7 nitrogen and oxygen atoms in total. The molecule has 6 N–H and O–H groups in total. The lowest BCUT2D eigenvalue weighted by Crippen LogP contribution is -2.34. The van der Waals surface area contributed by atoms with Crippen molar-refractivity contribution in [2.75, 3.05) is 38.8 Å². The molecule has 3 rings (SSSR count). The molecule has 0 saturated heterocycles. The van der Waals surface area contributed by atoms with E-state index in [1.54, 1.807) is 32.4 Å². The monoisotopic (exact) mass is 437 g/mol. The molecule has 0 amide bonds. The van der Waals surface area contributed by atoms with Crippen LogP contribution in [-0.4, -0.2) is 38.6 Å². The second kappa shape index (κ2) is 11.3. The second-order valence-electron chi connectivity index (χ2n) is 7.52. The van der Waals surface area contributed by atoms with Crippen molar-refractivity contribution < 1.29 is 19.3 Å². The first-order valence-electron chi connectivity index (χ1n) is 10.4. The quantitative estimate of drug-likeness (QED) is 0.341. The predicted molar refractivity (Wildman–Crippen MR) is 127 cm³/mol. The summed E-state index contributed by atoms with van der Waals surface area (Å²) in [5.41, 5.74) is 14.7. The van der Waals surface area contributed by atoms with Crippen molar-refractivity contribution >= 4 is 11.4 Å². The van der Waals surface area contributed by atoms with Crippen LogP contribution in [0, 0.1) is 0 Å². The minimum absolute atomic E-state index is 0.0426. The first-order chi connectivity index (χ1) is 15.5. The van der Waals surface area contributed by atoms with Gasteiger partial charge in [-0.05, 0) is 41.8 Å². The van der Waals surface area contributed by atoms with E-state index in [0.717, 1.165) is 12.0 Å². The van der Waals surface area contributed by atoms with Gasteiger partial charge in [-0.2, -0.15) is 0 Å². The van der Waals surface area contributed by atoms with Crippen LogP contribution < -0.4 is 31.0 Å². The number of anilines is 2. The zero-order chi connectivity index (χ0) is 22.9. The first kappa shape index (κ1) is 23.2. The van der Waals surface area contributed by atoms with Crippen molar-refractivity contribution in [1.29, 1.82) is 0 Å². The molecule has 0 aliphatic heterocycles. The van der Waals surface area contributed by atoms with Crippen LogP contribution in [-0.2, 0) is 6.42 Å². The van der Waals surface area contributed by atoms with Crippen LogP contribution in [0.25, 0.3) is 0 Å². The maximum Gasteiger partial charge on any atom is 0.161 e. The summed E-state index contributed by atoms with van der Waals surface area (Å²) in [6.07, 6.45) is 0.0328. The van der Waals surface area contributed by atoms with Gasteiger partial charge in [0.15, 0.2) is 11.5 Å². The molecule has 0 saturated carbocycles. The van der Waals surface area contributed by atoms with Crippen LogP contribution in [0.5, 0.6) is 17.2 Å². The Bertz CT molecular complexity index is 998. The van der Waals surface area contributed by atoms with Gasteiger partial charge in [0, 0.05) is 18.7 Å². The summed E-state index contributed by atoms with van der Waals surface area (Å²) in [5.74, 6) is 1.90. The SMILES string of the molecule is COc1ccc(C(Cc2ccccc2)NCC(O)COc2ccc(N)c(N)c2)cc1OC. The van der Waals surface area contributed by atoms with Crippen molar-refractivity contribution in [3.63, 3.8) is 0 Å². The number of methoxy groups -OCH3 is 2. The van der Waals surface area contributed by atoms with Gasteiger partial charge in [-0.25, -0.2) is 0 Å². The van der Waals surface area contributed by atoms with E-state index < -0.39 is 6.10 Å². The Kier molecular flexibility index (Phi) is 8.19. The highest BCUT2D eigenvalue weighted by molar-refractivity contribution is 5.65. The number of nitrogens with one attached hydrogen (secondary N) is 1. The van der Waals surface area contributed by atoms with E-state index in [-0.39, 0.29) is 12.6 Å². The maximum absolute atomic E-state index is 10.5. The predicted octanol–water partition coefficient (Wildman–Crippen LogP) is 3.18. The average molecular weight is 438 g/mol. The van der Waals surface area contributed by atoms with Gasteiger partial charge in [0.25, 0.3) is 0 Å². The summed E-state index contributed by atoms with van der Waals surface area (Å²) >= 11 is 0. The molecule has 32 heavy (non-hydrogen) atoms. The van der Waals surface area contributed by atoms with Crippen molar-refractivity contribution in [2.45, 2.75) is 18.6 Å². The van der Waals surface area contributed by atoms with Crippen LogP contribution in [0.15, 0.2) is 66.7 Å². The van der Waals surface area contributed by atoms with Gasteiger partial charge in [0.1, 0.15) is 18.5 Å². The summed E-state index contributed by atoms with van der Waals surface area (Å²) in [4.78, 5) is 0. The fraction of sp³-hybridized carbons (Fsp3) is 0.280. The Morgan fingerprint density at radius 2 is 1.62 bits per heavy atom. The van der Waals surface area contributed by atoms with Gasteiger partial charge in [-0.3, -0.25) is 0 Å². The molecule has 0 radical (unpaired) electrons. The summed E-state index contributed by atoms with van der Waals surface area (Å²) in [5, 5.41) is 13.9. The van der Waals surface area contributed by atoms with E-state index in [2.05, 4.69) is 17.4 Å². The van der Waals surface area contributed by atoms with E-state index in [1.807, 2.05) is 36.4 Å². The van der Waals surface area contributed by atoms with Crippen molar-refractivity contribution in [2.24, 2.45) is 0 Å². The fourth-order valence-corrected chi connectivity index (χ4v) is 3.40. The van der Waals surface area contributed by atoms with Crippen LogP contribution in [0.1, 0.15) is 17.2 Å². The molecule has 0 fully saturated rings. The number of rotatable bonds is 11. The number of hydrogen-bond donors (Lipinski definition) is 4. The molecule has 170 valence electrons. The number of ether oxygens (including phenoxy) is 3. The molecule has 0 spiro atoms. The molecule has 7 heteroatoms. The topological polar surface area (TPSA) is 112 Å². The maximum atomic E-state index is 10.5. The van der Waals surface area contributed by atoms with Crippen molar-refractivity contribution in [3.8, 4) is 17.2 Å². The Labute approximate surface area is 188 Å². The van der Waals surface area contributed by atoms with Crippen LogP contribution in [0.3, 0.4) is 0 Å². The molecular weight excluding hydrogens is 406 g/mol. The average Bonchev–Trinajstić information content (AvgIpc) is 2.82. The van der Waals surface area contributed by atoms with Gasteiger partial charge >= 0.3 is 0 Å². The van der Waals surface area contributed by atoms with Crippen LogP contribution in [0.2, 0.25) is 0 Å². The molecule has 3 aromatic carbocycles. The molecule has 3 aromatic rings. The molecule has 0 aliphatic rings. The van der Waals surface area contributed by atoms with Crippen LogP contribution >= 0.6 is 0 Å². The number of benzene rings is 3. The third-order valence-corrected chi connectivity index (χ3v) is 5.19. The largest absolute Gasteiger partial charge is 0.493 e. The van der Waals surface area contributed by atoms with Crippen molar-refractivity contribution in [3.05, 3.63) is 77.9 Å². The van der Waals surface area contributed by atoms with Crippen molar-refractivity contribution in [1.82, 2.24) is 5.32 Å². The highest BCUT2D eigenvalue weighted by Gasteiger charge is 2.17. The number of nitrogen functional groups attached to an aromatic ring is 2. The highest BCUT2D eigenvalue weighted by atomic mass is 16.5. The van der Waals surface area contributed by atoms with E-state index in [1.165, 1.54) is 5.56 Å². The van der Waals surface area contributed by atoms with E-state index in [9.17, 15) is 5.11 Å². The van der Waals surface area contributed by atoms with Gasteiger partial charge < -0.3 is 36.1 Å². The van der Waals surface area contributed by atoms with E-state index >= 15 is 0 Å². The van der Waals surface area contributed by atoms with Gasteiger partial charge in [0.05, 0.1) is 25.6 Å². The fourth-order valence-electron chi connectivity index (χ4n) is 3.40. The molecule has 0 heterocycles. The summed E-state index contributed by atoms with van der Waals surface area (Å²) in [6.45, 7) is 0.469. The van der Waals surface area contributed by atoms with Gasteiger partial charge in [-0.1, -0.05) is 36.4 Å². The molecule has 0 aliphatic carbocycles. The third-order valence-electron chi connectivity index (χ3n) is 5.19. The standard InChI is InChI=1S/C25H31N3O4/c1-30-24-11-8-18(13-25(24)31-2)23(12-17-6-4-3-5-7-17)28-15-19(29)16-32-20-9-10-21(26)22(27)14-20/h3-11,13-14,19,23,28-29H,12,15-16,26-27H2,1-2H3. The molecule has 2 unspecified atom stereocenters. The van der Waals surface area contributed by atoms with Gasteiger partial charge in [-0.15, -0.1) is 0 Å². The zero-order valence-corrected chi connectivity index (χ0v) is 18.5. The lowest BCUT2D eigenvalue weighted by atomic mass is 9.98. The van der Waals surface area contributed by atoms with Crippen LogP contribution in [0.4, 0.5) is 11.4 Å². The number of aliphatic hydroxyl groups excluding tert-OH is 1. The molecule has 0 bridgehead atoms. The Morgan fingerprint density at radius 1 is 0.875 bits per heavy atom.